The number of fused-ring (bicyclic) bond motifs is 1. The number of nitrogens with zero attached hydrogens (tertiary/aromatic N) is 1. The van der Waals surface area contributed by atoms with Gasteiger partial charge in [-0.2, -0.15) is 5.26 Å². The van der Waals surface area contributed by atoms with E-state index >= 15 is 0 Å². The Morgan fingerprint density at radius 1 is 1.27 bits per heavy atom. The topological polar surface area (TPSA) is 42.2 Å². The Labute approximate surface area is 87.5 Å². The molecule has 1 aromatic carbocycles. The third kappa shape index (κ3) is 0.971. The van der Waals surface area contributed by atoms with Crippen molar-refractivity contribution in [2.75, 3.05) is 0 Å². The van der Waals surface area contributed by atoms with Crippen molar-refractivity contribution >= 4 is 0 Å². The lowest BCUT2D eigenvalue weighted by atomic mass is 9.77. The summed E-state index contributed by atoms with van der Waals surface area (Å²) in [4.78, 5) is 0. The number of hydrogen-bond acceptors (Lipinski definition) is 3. The van der Waals surface area contributed by atoms with Crippen molar-refractivity contribution in [1.82, 2.24) is 0 Å². The Kier molecular flexibility index (Phi) is 1.62. The molecule has 3 rings (SSSR count). The summed E-state index contributed by atoms with van der Waals surface area (Å²) < 4.78 is 10.7. The summed E-state index contributed by atoms with van der Waals surface area (Å²) in [7, 11) is 0. The van der Waals surface area contributed by atoms with E-state index in [0.717, 1.165) is 5.56 Å². The van der Waals surface area contributed by atoms with Crippen molar-refractivity contribution in [3.63, 3.8) is 0 Å². The molecule has 0 amide bonds. The quantitative estimate of drug-likeness (QED) is 0.693. The van der Waals surface area contributed by atoms with Crippen LogP contribution in [0.1, 0.15) is 5.56 Å². The molecule has 0 unspecified atom stereocenters. The molecule has 0 N–H and O–H groups in total. The molecule has 0 saturated carbocycles. The molecule has 0 aromatic heterocycles. The molecule has 2 aliphatic heterocycles. The highest BCUT2D eigenvalue weighted by Crippen LogP contribution is 2.50. The lowest BCUT2D eigenvalue weighted by Gasteiger charge is -2.45. The van der Waals surface area contributed by atoms with Gasteiger partial charge in [0, 0.05) is 0 Å². The molecule has 3 heteroatoms. The summed E-state index contributed by atoms with van der Waals surface area (Å²) in [5.74, 6) is 0.0184. The molecule has 15 heavy (non-hydrogen) atoms. The molecule has 0 aliphatic carbocycles. The van der Waals surface area contributed by atoms with E-state index < -0.39 is 5.60 Å². The predicted octanol–water partition coefficient (Wildman–Crippen LogP) is 1.92. The number of rotatable bonds is 1. The lowest BCUT2D eigenvalue weighted by molar-refractivity contribution is -0.295. The van der Waals surface area contributed by atoms with E-state index in [1.54, 1.807) is 6.26 Å². The summed E-state index contributed by atoms with van der Waals surface area (Å²) in [6, 6.07) is 11.8. The van der Waals surface area contributed by atoms with E-state index in [1.807, 2.05) is 36.4 Å². The zero-order chi connectivity index (χ0) is 10.3. The second-order valence-corrected chi connectivity index (χ2v) is 3.69. The molecule has 0 bridgehead atoms. The lowest BCUT2D eigenvalue weighted by Crippen LogP contribution is -2.54. The summed E-state index contributed by atoms with van der Waals surface area (Å²) >= 11 is 0. The fourth-order valence-corrected chi connectivity index (χ4v) is 2.11. The van der Waals surface area contributed by atoms with Crippen molar-refractivity contribution in [3.05, 3.63) is 48.2 Å². The molecule has 2 aliphatic rings. The Bertz CT molecular complexity index is 448. The van der Waals surface area contributed by atoms with Gasteiger partial charge in [-0.1, -0.05) is 30.3 Å². The number of benzene rings is 1. The fourth-order valence-electron chi connectivity index (χ4n) is 2.11. The maximum absolute atomic E-state index is 9.27. The smallest absolute Gasteiger partial charge is 0.211 e. The highest BCUT2D eigenvalue weighted by Gasteiger charge is 2.59. The van der Waals surface area contributed by atoms with E-state index in [4.69, 9.17) is 9.47 Å². The van der Waals surface area contributed by atoms with Crippen molar-refractivity contribution < 1.29 is 9.47 Å². The van der Waals surface area contributed by atoms with E-state index in [9.17, 15) is 5.26 Å². The first kappa shape index (κ1) is 8.51. The largest absolute Gasteiger partial charge is 0.472 e. The predicted molar refractivity (Wildman–Crippen MR) is 52.3 cm³/mol. The molecular weight excluding hydrogens is 190 g/mol. The van der Waals surface area contributed by atoms with Gasteiger partial charge < -0.3 is 9.47 Å². The monoisotopic (exact) mass is 199 g/mol. The minimum absolute atomic E-state index is 0.0184. The van der Waals surface area contributed by atoms with Crippen LogP contribution in [0, 0.1) is 17.2 Å². The van der Waals surface area contributed by atoms with Crippen LogP contribution in [-0.4, -0.2) is 6.29 Å². The molecule has 1 saturated heterocycles. The van der Waals surface area contributed by atoms with Crippen LogP contribution in [0.15, 0.2) is 42.7 Å². The third-order valence-corrected chi connectivity index (χ3v) is 2.93. The molecule has 1 fully saturated rings. The average Bonchev–Trinajstić information content (AvgIpc) is 2.65. The first-order valence-electron chi connectivity index (χ1n) is 4.83. The Morgan fingerprint density at radius 2 is 2.07 bits per heavy atom. The standard InChI is InChI=1S/C12H9NO2/c13-8-12(9-4-2-1-3-5-9)10-6-7-14-11(10)15-12/h1-7,10-11H/t10-,11-,12+/m1/s1. The van der Waals surface area contributed by atoms with Crippen molar-refractivity contribution in [2.24, 2.45) is 5.92 Å². The molecule has 3 atom stereocenters. The first-order chi connectivity index (χ1) is 7.37. The summed E-state index contributed by atoms with van der Waals surface area (Å²) in [5, 5.41) is 9.27. The van der Waals surface area contributed by atoms with Crippen molar-refractivity contribution in [1.29, 1.82) is 5.26 Å². The fraction of sp³-hybridized carbons (Fsp3) is 0.250. The van der Waals surface area contributed by atoms with Crippen LogP contribution in [0.25, 0.3) is 0 Å². The Hall–Kier alpha value is -1.79. The number of nitriles is 1. The van der Waals surface area contributed by atoms with Gasteiger partial charge in [0.15, 0.2) is 5.60 Å². The summed E-state index contributed by atoms with van der Waals surface area (Å²) in [6.07, 6.45) is 3.23. The Morgan fingerprint density at radius 3 is 2.73 bits per heavy atom. The summed E-state index contributed by atoms with van der Waals surface area (Å²) in [6.45, 7) is 0. The SMILES string of the molecule is N#C[C@@]1(c2ccccc2)O[C@H]2OC=C[C@H]21. The van der Waals surface area contributed by atoms with Crippen LogP contribution in [0.2, 0.25) is 0 Å². The minimum atomic E-state index is -0.848. The average molecular weight is 199 g/mol. The molecule has 0 spiro atoms. The molecule has 2 heterocycles. The van der Waals surface area contributed by atoms with E-state index in [-0.39, 0.29) is 12.2 Å². The third-order valence-electron chi connectivity index (χ3n) is 2.93. The maximum atomic E-state index is 9.27. The highest BCUT2D eigenvalue weighted by atomic mass is 16.7. The van der Waals surface area contributed by atoms with Gasteiger partial charge in [-0.3, -0.25) is 0 Å². The molecular formula is C12H9NO2. The van der Waals surface area contributed by atoms with Gasteiger partial charge in [0.2, 0.25) is 6.29 Å². The van der Waals surface area contributed by atoms with Crippen LogP contribution in [0.5, 0.6) is 0 Å². The maximum Gasteiger partial charge on any atom is 0.211 e. The van der Waals surface area contributed by atoms with Crippen LogP contribution >= 0.6 is 0 Å². The van der Waals surface area contributed by atoms with Gasteiger partial charge in [0.25, 0.3) is 0 Å². The van der Waals surface area contributed by atoms with Gasteiger partial charge in [0.1, 0.15) is 6.07 Å². The normalized spacial score (nSPS) is 36.2. The van der Waals surface area contributed by atoms with Crippen molar-refractivity contribution in [2.45, 2.75) is 11.9 Å². The van der Waals surface area contributed by atoms with Crippen molar-refractivity contribution in [3.8, 4) is 6.07 Å². The second-order valence-electron chi connectivity index (χ2n) is 3.69. The molecule has 3 nitrogen and oxygen atoms in total. The van der Waals surface area contributed by atoms with Gasteiger partial charge in [-0.15, -0.1) is 0 Å². The number of hydrogen-bond donors (Lipinski definition) is 0. The van der Waals surface area contributed by atoms with E-state index in [2.05, 4.69) is 6.07 Å². The van der Waals surface area contributed by atoms with Gasteiger partial charge in [-0.25, -0.2) is 0 Å². The highest BCUT2D eigenvalue weighted by molar-refractivity contribution is 5.36. The van der Waals surface area contributed by atoms with Crippen LogP contribution in [0.4, 0.5) is 0 Å². The second kappa shape index (κ2) is 2.85. The minimum Gasteiger partial charge on any atom is -0.472 e. The number of ether oxygens (including phenoxy) is 2. The van der Waals surface area contributed by atoms with Crippen LogP contribution in [-0.2, 0) is 15.1 Å². The zero-order valence-electron chi connectivity index (χ0n) is 7.96. The summed E-state index contributed by atoms with van der Waals surface area (Å²) in [5.41, 5.74) is 0.0442. The Balaban J connectivity index is 2.03. The zero-order valence-corrected chi connectivity index (χ0v) is 7.96. The molecule has 0 radical (unpaired) electrons. The molecule has 1 aromatic rings. The first-order valence-corrected chi connectivity index (χ1v) is 4.83. The van der Waals surface area contributed by atoms with E-state index in [1.165, 1.54) is 0 Å². The van der Waals surface area contributed by atoms with Gasteiger partial charge in [0.05, 0.1) is 12.2 Å². The molecule has 74 valence electrons. The van der Waals surface area contributed by atoms with Gasteiger partial charge >= 0.3 is 0 Å². The van der Waals surface area contributed by atoms with Crippen LogP contribution in [0.3, 0.4) is 0 Å². The van der Waals surface area contributed by atoms with Gasteiger partial charge in [-0.05, 0) is 11.6 Å². The van der Waals surface area contributed by atoms with E-state index in [0.29, 0.717) is 0 Å². The van der Waals surface area contributed by atoms with Crippen LogP contribution < -0.4 is 0 Å².